The average Bonchev–Trinajstić information content (AvgIpc) is 2.57. The summed E-state index contributed by atoms with van der Waals surface area (Å²) in [4.78, 5) is 0. The van der Waals surface area contributed by atoms with Crippen LogP contribution in [0.4, 0.5) is 13.2 Å². The molecular formula is C21H29F3O. The molecule has 0 aliphatic heterocycles. The average molecular weight is 354 g/mol. The van der Waals surface area contributed by atoms with Crippen molar-refractivity contribution in [3.8, 4) is 11.8 Å². The van der Waals surface area contributed by atoms with Crippen LogP contribution in [0.25, 0.3) is 0 Å². The molecule has 0 unspecified atom stereocenters. The Hall–Kier alpha value is -1.47. The molecule has 0 aliphatic carbocycles. The quantitative estimate of drug-likeness (QED) is 0.312. The van der Waals surface area contributed by atoms with Gasteiger partial charge in [-0.1, -0.05) is 56.8 Å². The van der Waals surface area contributed by atoms with E-state index in [2.05, 4.69) is 11.8 Å². The minimum absolute atomic E-state index is 0.342. The summed E-state index contributed by atoms with van der Waals surface area (Å²) >= 11 is 0. The SMILES string of the molecule is CCOCCCCCCCCCCCC#Cc1c(F)cc(F)cc1F. The third kappa shape index (κ3) is 10.2. The summed E-state index contributed by atoms with van der Waals surface area (Å²) in [7, 11) is 0. The van der Waals surface area contributed by atoms with Crippen molar-refractivity contribution in [1.29, 1.82) is 0 Å². The molecular weight excluding hydrogens is 325 g/mol. The van der Waals surface area contributed by atoms with Crippen LogP contribution in [0.2, 0.25) is 0 Å². The molecule has 0 heterocycles. The number of unbranched alkanes of at least 4 members (excludes halogenated alkanes) is 9. The molecule has 0 bridgehead atoms. The number of halogens is 3. The van der Waals surface area contributed by atoms with E-state index in [0.29, 0.717) is 18.6 Å². The Morgan fingerprint density at radius 1 is 0.800 bits per heavy atom. The van der Waals surface area contributed by atoms with Crippen LogP contribution < -0.4 is 0 Å². The van der Waals surface area contributed by atoms with E-state index in [4.69, 9.17) is 4.74 Å². The predicted octanol–water partition coefficient (Wildman–Crippen LogP) is 6.39. The van der Waals surface area contributed by atoms with Crippen LogP contribution in [-0.2, 0) is 4.74 Å². The van der Waals surface area contributed by atoms with Crippen molar-refractivity contribution in [2.45, 2.75) is 71.1 Å². The summed E-state index contributed by atoms with van der Waals surface area (Å²) in [5.41, 5.74) is -0.342. The smallest absolute Gasteiger partial charge is 0.144 e. The number of hydrogen-bond donors (Lipinski definition) is 0. The van der Waals surface area contributed by atoms with Crippen LogP contribution in [0.15, 0.2) is 12.1 Å². The van der Waals surface area contributed by atoms with Crippen molar-refractivity contribution < 1.29 is 17.9 Å². The summed E-state index contributed by atoms with van der Waals surface area (Å²) in [6.45, 7) is 3.70. The molecule has 0 atom stereocenters. The Kier molecular flexibility index (Phi) is 11.9. The molecule has 0 aromatic heterocycles. The molecule has 0 amide bonds. The molecule has 4 heteroatoms. The molecule has 0 aliphatic rings. The minimum atomic E-state index is -0.939. The second-order valence-electron chi connectivity index (χ2n) is 6.18. The number of hydrogen-bond acceptors (Lipinski definition) is 1. The fourth-order valence-electron chi connectivity index (χ4n) is 2.61. The van der Waals surface area contributed by atoms with Gasteiger partial charge in [0, 0.05) is 31.8 Å². The Morgan fingerprint density at radius 3 is 1.88 bits per heavy atom. The van der Waals surface area contributed by atoms with Crippen LogP contribution in [0.3, 0.4) is 0 Å². The summed E-state index contributed by atoms with van der Waals surface area (Å²) in [6, 6.07) is 1.31. The summed E-state index contributed by atoms with van der Waals surface area (Å²) in [5, 5.41) is 0. The first-order valence-corrected chi connectivity index (χ1v) is 9.36. The van der Waals surface area contributed by atoms with E-state index in [-0.39, 0.29) is 5.56 Å². The van der Waals surface area contributed by atoms with E-state index in [1.807, 2.05) is 6.92 Å². The Labute approximate surface area is 150 Å². The Bertz CT molecular complexity index is 523. The maximum Gasteiger partial charge on any atom is 0.144 e. The lowest BCUT2D eigenvalue weighted by Crippen LogP contribution is -1.92. The molecule has 0 radical (unpaired) electrons. The molecule has 0 saturated carbocycles. The number of ether oxygens (including phenoxy) is 1. The first kappa shape index (κ1) is 21.6. The van der Waals surface area contributed by atoms with Gasteiger partial charge in [-0.3, -0.25) is 0 Å². The first-order chi connectivity index (χ1) is 12.1. The minimum Gasteiger partial charge on any atom is -0.382 e. The third-order valence-corrected chi connectivity index (χ3v) is 4.01. The zero-order valence-corrected chi connectivity index (χ0v) is 15.2. The van der Waals surface area contributed by atoms with Gasteiger partial charge in [0.25, 0.3) is 0 Å². The molecule has 0 spiro atoms. The van der Waals surface area contributed by atoms with Crippen LogP contribution in [-0.4, -0.2) is 13.2 Å². The highest BCUT2D eigenvalue weighted by molar-refractivity contribution is 5.36. The zero-order valence-electron chi connectivity index (χ0n) is 15.2. The van der Waals surface area contributed by atoms with Crippen molar-refractivity contribution in [1.82, 2.24) is 0 Å². The van der Waals surface area contributed by atoms with Gasteiger partial charge in [0.15, 0.2) is 0 Å². The highest BCUT2D eigenvalue weighted by Crippen LogP contribution is 2.14. The van der Waals surface area contributed by atoms with Crippen molar-refractivity contribution in [2.75, 3.05) is 13.2 Å². The molecule has 140 valence electrons. The van der Waals surface area contributed by atoms with Gasteiger partial charge in [-0.25, -0.2) is 13.2 Å². The molecule has 1 aromatic carbocycles. The highest BCUT2D eigenvalue weighted by atomic mass is 19.1. The lowest BCUT2D eigenvalue weighted by molar-refractivity contribution is 0.143. The summed E-state index contributed by atoms with van der Waals surface area (Å²) in [6.07, 6.45) is 11.2. The maximum absolute atomic E-state index is 13.4. The lowest BCUT2D eigenvalue weighted by atomic mass is 10.1. The Balaban J connectivity index is 2.01. The summed E-state index contributed by atoms with van der Waals surface area (Å²) < 4.78 is 44.9. The van der Waals surface area contributed by atoms with E-state index in [0.717, 1.165) is 32.5 Å². The van der Waals surface area contributed by atoms with Crippen molar-refractivity contribution in [3.05, 3.63) is 35.1 Å². The van der Waals surface area contributed by atoms with E-state index >= 15 is 0 Å². The van der Waals surface area contributed by atoms with E-state index in [1.54, 1.807) is 0 Å². The second-order valence-corrected chi connectivity index (χ2v) is 6.18. The number of rotatable bonds is 12. The van der Waals surface area contributed by atoms with E-state index in [9.17, 15) is 13.2 Å². The van der Waals surface area contributed by atoms with Gasteiger partial charge in [0.2, 0.25) is 0 Å². The van der Waals surface area contributed by atoms with Gasteiger partial charge >= 0.3 is 0 Å². The largest absolute Gasteiger partial charge is 0.382 e. The zero-order chi connectivity index (χ0) is 18.3. The molecule has 0 fully saturated rings. The standard InChI is InChI=1S/C21H29F3O/c1-2-25-15-13-11-9-7-5-3-4-6-8-10-12-14-19-20(23)16-18(22)17-21(19)24/h16-17H,2-11,13,15H2,1H3. The van der Waals surface area contributed by atoms with E-state index in [1.165, 1.54) is 38.5 Å². The first-order valence-electron chi connectivity index (χ1n) is 9.36. The van der Waals surface area contributed by atoms with Crippen LogP contribution >= 0.6 is 0 Å². The maximum atomic E-state index is 13.4. The van der Waals surface area contributed by atoms with Gasteiger partial charge in [0.05, 0.1) is 5.56 Å². The molecule has 1 aromatic rings. The topological polar surface area (TPSA) is 9.23 Å². The number of benzene rings is 1. The lowest BCUT2D eigenvalue weighted by Gasteiger charge is -2.02. The molecule has 1 rings (SSSR count). The molecule has 0 saturated heterocycles. The molecule has 25 heavy (non-hydrogen) atoms. The summed E-state index contributed by atoms with van der Waals surface area (Å²) in [5.74, 6) is 2.45. The van der Waals surface area contributed by atoms with Gasteiger partial charge in [-0.2, -0.15) is 0 Å². The monoisotopic (exact) mass is 354 g/mol. The second kappa shape index (κ2) is 13.8. The molecule has 1 nitrogen and oxygen atoms in total. The fourth-order valence-corrected chi connectivity index (χ4v) is 2.61. The van der Waals surface area contributed by atoms with Crippen molar-refractivity contribution in [2.24, 2.45) is 0 Å². The van der Waals surface area contributed by atoms with Gasteiger partial charge in [0.1, 0.15) is 17.5 Å². The Morgan fingerprint density at radius 2 is 1.32 bits per heavy atom. The van der Waals surface area contributed by atoms with Gasteiger partial charge < -0.3 is 4.74 Å². The van der Waals surface area contributed by atoms with Crippen molar-refractivity contribution in [3.63, 3.8) is 0 Å². The van der Waals surface area contributed by atoms with E-state index < -0.39 is 17.5 Å². The van der Waals surface area contributed by atoms with Crippen LogP contribution in [0.1, 0.15) is 76.7 Å². The van der Waals surface area contributed by atoms with Gasteiger partial charge in [-0.15, -0.1) is 0 Å². The predicted molar refractivity (Wildman–Crippen MR) is 95.9 cm³/mol. The third-order valence-electron chi connectivity index (χ3n) is 4.01. The molecule has 0 N–H and O–H groups in total. The van der Waals surface area contributed by atoms with Crippen LogP contribution in [0.5, 0.6) is 0 Å². The van der Waals surface area contributed by atoms with Crippen molar-refractivity contribution >= 4 is 0 Å². The fraction of sp³-hybridized carbons (Fsp3) is 0.619. The van der Waals surface area contributed by atoms with Gasteiger partial charge in [-0.05, 0) is 19.8 Å². The normalized spacial score (nSPS) is 10.6. The van der Waals surface area contributed by atoms with Crippen LogP contribution in [0, 0.1) is 29.3 Å². The highest BCUT2D eigenvalue weighted by Gasteiger charge is 2.08.